The van der Waals surface area contributed by atoms with Crippen LogP contribution in [0.2, 0.25) is 5.28 Å². The van der Waals surface area contributed by atoms with Crippen LogP contribution in [-0.4, -0.2) is 28.0 Å². The number of carbonyl (C=O) groups excluding carboxylic acids is 1. The predicted octanol–water partition coefficient (Wildman–Crippen LogP) is 4.84. The minimum absolute atomic E-state index is 0.0585. The monoisotopic (exact) mass is 407 g/mol. The first-order valence-electron chi connectivity index (χ1n) is 9.13. The van der Waals surface area contributed by atoms with Crippen LogP contribution in [0.15, 0.2) is 54.1 Å². The Kier molecular flexibility index (Phi) is 4.95. The molecule has 7 nitrogen and oxygen atoms in total. The molecular weight excluding hydrogens is 390 g/mol. The number of carbonyl (C=O) groups is 1. The summed E-state index contributed by atoms with van der Waals surface area (Å²) in [5.41, 5.74) is 2.65. The van der Waals surface area contributed by atoms with Gasteiger partial charge in [-0.1, -0.05) is 6.07 Å². The Morgan fingerprint density at radius 3 is 2.83 bits per heavy atom. The average Bonchev–Trinajstić information content (AvgIpc) is 2.74. The highest BCUT2D eigenvalue weighted by Crippen LogP contribution is 2.42. The number of ether oxygens (including phenoxy) is 1. The van der Waals surface area contributed by atoms with E-state index in [1.54, 1.807) is 42.5 Å². The van der Waals surface area contributed by atoms with Crippen molar-refractivity contribution in [3.63, 3.8) is 0 Å². The number of nitriles is 1. The second kappa shape index (κ2) is 7.57. The summed E-state index contributed by atoms with van der Waals surface area (Å²) in [5, 5.41) is 9.33. The minimum atomic E-state index is -0.270. The van der Waals surface area contributed by atoms with Crippen LogP contribution in [0.25, 0.3) is 0 Å². The lowest BCUT2D eigenvalue weighted by atomic mass is 10.0. The zero-order chi connectivity index (χ0) is 20.5. The van der Waals surface area contributed by atoms with Gasteiger partial charge in [-0.25, -0.2) is 14.7 Å². The fourth-order valence-corrected chi connectivity index (χ4v) is 3.76. The van der Waals surface area contributed by atoms with Crippen LogP contribution in [0.4, 0.5) is 16.3 Å². The van der Waals surface area contributed by atoms with Crippen LogP contribution >= 0.6 is 11.6 Å². The topological polar surface area (TPSA) is 82.4 Å². The molecule has 1 aromatic carbocycles. The fraction of sp³-hybridized carbons (Fsp3) is 0.238. The number of urea groups is 1. The number of fused-ring (bicyclic) bond motifs is 1. The molecule has 1 aliphatic carbocycles. The second-order valence-electron chi connectivity index (χ2n) is 6.74. The lowest BCUT2D eigenvalue weighted by Gasteiger charge is -2.41. The highest BCUT2D eigenvalue weighted by atomic mass is 35.5. The fourth-order valence-electron chi connectivity index (χ4n) is 3.64. The molecule has 8 heteroatoms. The van der Waals surface area contributed by atoms with Crippen molar-refractivity contribution in [1.29, 1.82) is 5.26 Å². The van der Waals surface area contributed by atoms with Gasteiger partial charge in [0.25, 0.3) is 0 Å². The normalized spacial score (nSPS) is 18.6. The first-order valence-corrected chi connectivity index (χ1v) is 9.51. The van der Waals surface area contributed by atoms with Crippen molar-refractivity contribution in [3.8, 4) is 6.07 Å². The molecule has 0 spiro atoms. The summed E-state index contributed by atoms with van der Waals surface area (Å²) in [6.45, 7) is 1.94. The molecule has 0 N–H and O–H groups in total. The molecule has 29 heavy (non-hydrogen) atoms. The summed E-state index contributed by atoms with van der Waals surface area (Å²) < 4.78 is 5.30. The largest absolute Gasteiger partial charge is 0.501 e. The molecule has 1 atom stereocenters. The molecule has 1 unspecified atom stereocenters. The number of hydrogen-bond acceptors (Lipinski definition) is 5. The summed E-state index contributed by atoms with van der Waals surface area (Å²) >= 11 is 6.04. The third-order valence-electron chi connectivity index (χ3n) is 5.11. The average molecular weight is 408 g/mol. The lowest BCUT2D eigenvalue weighted by Crippen LogP contribution is -2.46. The van der Waals surface area contributed by atoms with Crippen LogP contribution in [0.1, 0.15) is 36.9 Å². The Labute approximate surface area is 173 Å². The maximum absolute atomic E-state index is 13.6. The van der Waals surface area contributed by atoms with E-state index in [0.717, 1.165) is 17.0 Å². The Bertz CT molecular complexity index is 1090. The maximum Gasteiger partial charge on any atom is 0.335 e. The summed E-state index contributed by atoms with van der Waals surface area (Å²) in [4.78, 5) is 25.3. The Morgan fingerprint density at radius 2 is 2.14 bits per heavy atom. The number of methoxy groups -OCH3 is 1. The minimum Gasteiger partial charge on any atom is -0.501 e. The van der Waals surface area contributed by atoms with Gasteiger partial charge in [0.1, 0.15) is 0 Å². The molecule has 1 aromatic heterocycles. The van der Waals surface area contributed by atoms with Crippen molar-refractivity contribution < 1.29 is 9.53 Å². The highest BCUT2D eigenvalue weighted by molar-refractivity contribution is 6.28. The van der Waals surface area contributed by atoms with Crippen molar-refractivity contribution in [3.05, 3.63) is 70.5 Å². The van der Waals surface area contributed by atoms with Crippen LogP contribution in [-0.2, 0) is 4.74 Å². The van der Waals surface area contributed by atoms with Gasteiger partial charge in [0.15, 0.2) is 5.82 Å². The van der Waals surface area contributed by atoms with Gasteiger partial charge in [0.05, 0.1) is 36.2 Å². The molecule has 0 saturated carbocycles. The van der Waals surface area contributed by atoms with Crippen LogP contribution < -0.4 is 4.90 Å². The first kappa shape index (κ1) is 19.0. The number of aromatic nitrogens is 2. The van der Waals surface area contributed by atoms with E-state index in [-0.39, 0.29) is 17.4 Å². The number of amides is 2. The molecule has 0 bridgehead atoms. The summed E-state index contributed by atoms with van der Waals surface area (Å²) in [5.74, 6) is 1.30. The number of anilines is 2. The van der Waals surface area contributed by atoms with Gasteiger partial charge in [0.2, 0.25) is 5.28 Å². The summed E-state index contributed by atoms with van der Waals surface area (Å²) in [6.07, 6.45) is 6.82. The molecule has 146 valence electrons. The van der Waals surface area contributed by atoms with Gasteiger partial charge >= 0.3 is 6.03 Å². The van der Waals surface area contributed by atoms with E-state index in [9.17, 15) is 10.1 Å². The smallest absolute Gasteiger partial charge is 0.335 e. The van der Waals surface area contributed by atoms with Crippen molar-refractivity contribution in [1.82, 2.24) is 14.9 Å². The second-order valence-corrected chi connectivity index (χ2v) is 7.08. The van der Waals surface area contributed by atoms with E-state index in [1.165, 1.54) is 4.90 Å². The van der Waals surface area contributed by atoms with E-state index in [4.69, 9.17) is 16.3 Å². The Morgan fingerprint density at radius 1 is 1.31 bits per heavy atom. The third kappa shape index (κ3) is 3.32. The first-order chi connectivity index (χ1) is 14.0. The molecular formula is C21H18ClN5O2. The van der Waals surface area contributed by atoms with Crippen LogP contribution in [0.3, 0.4) is 0 Å². The molecule has 0 fully saturated rings. The summed E-state index contributed by atoms with van der Waals surface area (Å²) in [6, 6.07) is 8.43. The lowest BCUT2D eigenvalue weighted by molar-refractivity contribution is 0.198. The SMILES string of the molecule is COC1=CC=C(N2C(=O)N(c3cccc(C#N)c3)c3nc(Cl)ncc3C2C)CC1. The number of benzene rings is 1. The summed E-state index contributed by atoms with van der Waals surface area (Å²) in [7, 11) is 1.64. The molecule has 4 rings (SSSR count). The molecule has 0 saturated heterocycles. The molecule has 2 heterocycles. The van der Waals surface area contributed by atoms with Gasteiger partial charge in [-0.05, 0) is 55.3 Å². The van der Waals surface area contributed by atoms with Gasteiger partial charge in [-0.2, -0.15) is 10.2 Å². The Hall–Kier alpha value is -3.37. The number of rotatable bonds is 3. The van der Waals surface area contributed by atoms with E-state index < -0.39 is 0 Å². The standard InChI is InChI=1S/C21H18ClN5O2/c1-13-18-12-24-20(22)25-19(18)27(16-5-3-4-14(10-16)11-23)21(28)26(13)15-6-8-17(29-2)9-7-15/h3-6,8,10,12-13H,7,9H2,1-2H3. The molecule has 2 aliphatic rings. The number of nitrogens with zero attached hydrogens (tertiary/aromatic N) is 5. The van der Waals surface area contributed by atoms with Gasteiger partial charge in [0, 0.05) is 23.9 Å². The quantitative estimate of drug-likeness (QED) is 0.679. The van der Waals surface area contributed by atoms with Crippen molar-refractivity contribution in [2.24, 2.45) is 0 Å². The van der Waals surface area contributed by atoms with Crippen molar-refractivity contribution in [2.45, 2.75) is 25.8 Å². The number of allylic oxidation sites excluding steroid dienone is 4. The van der Waals surface area contributed by atoms with E-state index >= 15 is 0 Å². The predicted molar refractivity (Wildman–Crippen MR) is 108 cm³/mol. The zero-order valence-corrected chi connectivity index (χ0v) is 16.7. The number of hydrogen-bond donors (Lipinski definition) is 0. The van der Waals surface area contributed by atoms with Gasteiger partial charge in [-0.15, -0.1) is 0 Å². The maximum atomic E-state index is 13.6. The molecule has 2 aromatic rings. The number of halogens is 1. The van der Waals surface area contributed by atoms with Crippen molar-refractivity contribution >= 4 is 29.1 Å². The molecule has 2 amide bonds. The van der Waals surface area contributed by atoms with Gasteiger partial charge in [-0.3, -0.25) is 4.90 Å². The zero-order valence-electron chi connectivity index (χ0n) is 16.0. The molecule has 1 aliphatic heterocycles. The van der Waals surface area contributed by atoms with E-state index in [1.807, 2.05) is 19.1 Å². The molecule has 0 radical (unpaired) electrons. The van der Waals surface area contributed by atoms with E-state index in [0.29, 0.717) is 29.9 Å². The Balaban J connectivity index is 1.86. The third-order valence-corrected chi connectivity index (χ3v) is 5.29. The highest BCUT2D eigenvalue weighted by Gasteiger charge is 2.39. The van der Waals surface area contributed by atoms with Crippen LogP contribution in [0.5, 0.6) is 0 Å². The van der Waals surface area contributed by atoms with E-state index in [2.05, 4.69) is 16.0 Å². The van der Waals surface area contributed by atoms with Crippen LogP contribution in [0, 0.1) is 11.3 Å². The van der Waals surface area contributed by atoms with Crippen molar-refractivity contribution in [2.75, 3.05) is 12.0 Å². The van der Waals surface area contributed by atoms with Gasteiger partial charge < -0.3 is 4.74 Å².